The third-order valence-corrected chi connectivity index (χ3v) is 3.02. The highest BCUT2D eigenvalue weighted by Crippen LogP contribution is 2.41. The van der Waals surface area contributed by atoms with Crippen LogP contribution in [0.1, 0.15) is 35.6 Å². The van der Waals surface area contributed by atoms with Crippen LogP contribution >= 0.6 is 0 Å². The van der Waals surface area contributed by atoms with Gasteiger partial charge in [0.15, 0.2) is 0 Å². The van der Waals surface area contributed by atoms with Gasteiger partial charge >= 0.3 is 0 Å². The van der Waals surface area contributed by atoms with Gasteiger partial charge in [-0.2, -0.15) is 0 Å². The molecule has 0 spiro atoms. The molecule has 0 aromatic carbocycles. The van der Waals surface area contributed by atoms with E-state index in [1.165, 1.54) is 0 Å². The molecule has 1 fully saturated rings. The average Bonchev–Trinajstić information content (AvgIpc) is 2.75. The second-order valence-electron chi connectivity index (χ2n) is 4.21. The van der Waals surface area contributed by atoms with Gasteiger partial charge in [-0.05, 0) is 19.8 Å². The molecule has 0 unspecified atom stereocenters. The van der Waals surface area contributed by atoms with Gasteiger partial charge in [0.05, 0.1) is 24.4 Å². The molecule has 0 amide bonds. The van der Waals surface area contributed by atoms with Crippen molar-refractivity contribution in [1.29, 1.82) is 0 Å². The lowest BCUT2D eigenvalue weighted by Gasteiger charge is -2.10. The van der Waals surface area contributed by atoms with Gasteiger partial charge in [0, 0.05) is 11.3 Å². The van der Waals surface area contributed by atoms with Crippen molar-refractivity contribution in [2.24, 2.45) is 5.73 Å². The number of hydrogen-bond acceptors (Lipinski definition) is 4. The number of aromatic nitrogens is 2. The van der Waals surface area contributed by atoms with Gasteiger partial charge in [0.25, 0.3) is 0 Å². The number of rotatable bonds is 1. The molecule has 0 radical (unpaired) electrons. The standard InChI is InChI=1S/C10H13N3O/c1-6-7-4-14-5-8(7)13-9(12-6)10(11)2-3-10/h2-5,11H2,1H3. The van der Waals surface area contributed by atoms with Crippen molar-refractivity contribution < 1.29 is 4.74 Å². The minimum absolute atomic E-state index is 0.234. The van der Waals surface area contributed by atoms with Crippen molar-refractivity contribution in [2.45, 2.75) is 38.5 Å². The van der Waals surface area contributed by atoms with Crippen LogP contribution in [0, 0.1) is 6.92 Å². The molecule has 1 saturated carbocycles. The molecule has 3 rings (SSSR count). The molecule has 1 aliphatic heterocycles. The fourth-order valence-corrected chi connectivity index (χ4v) is 1.79. The Balaban J connectivity index is 2.12. The van der Waals surface area contributed by atoms with Crippen LogP contribution in [0.3, 0.4) is 0 Å². The minimum atomic E-state index is -0.234. The molecule has 2 N–H and O–H groups in total. The van der Waals surface area contributed by atoms with E-state index in [0.29, 0.717) is 13.2 Å². The highest BCUT2D eigenvalue weighted by atomic mass is 16.5. The first kappa shape index (κ1) is 8.32. The smallest absolute Gasteiger partial charge is 0.148 e. The third-order valence-electron chi connectivity index (χ3n) is 3.02. The molecule has 4 heteroatoms. The van der Waals surface area contributed by atoms with Crippen LogP contribution in [0.5, 0.6) is 0 Å². The van der Waals surface area contributed by atoms with E-state index in [4.69, 9.17) is 10.5 Å². The summed E-state index contributed by atoms with van der Waals surface area (Å²) in [6.45, 7) is 3.27. The first-order valence-electron chi connectivity index (χ1n) is 4.92. The van der Waals surface area contributed by atoms with E-state index in [0.717, 1.165) is 35.6 Å². The third kappa shape index (κ3) is 1.07. The zero-order chi connectivity index (χ0) is 9.76. The SMILES string of the molecule is Cc1nc(C2(N)CC2)nc2c1COC2. The maximum atomic E-state index is 6.07. The van der Waals surface area contributed by atoms with Gasteiger partial charge in [-0.1, -0.05) is 0 Å². The van der Waals surface area contributed by atoms with Gasteiger partial charge in [0.2, 0.25) is 0 Å². The maximum absolute atomic E-state index is 6.07. The largest absolute Gasteiger partial charge is 0.370 e. The van der Waals surface area contributed by atoms with E-state index in [1.807, 2.05) is 6.92 Å². The quantitative estimate of drug-likeness (QED) is 0.712. The Labute approximate surface area is 82.5 Å². The molecule has 0 bridgehead atoms. The summed E-state index contributed by atoms with van der Waals surface area (Å²) in [5.41, 5.74) is 9.04. The molecule has 1 aromatic rings. The van der Waals surface area contributed by atoms with E-state index in [9.17, 15) is 0 Å². The van der Waals surface area contributed by atoms with Crippen molar-refractivity contribution in [2.75, 3.05) is 0 Å². The van der Waals surface area contributed by atoms with Gasteiger partial charge < -0.3 is 10.5 Å². The first-order chi connectivity index (χ1) is 6.69. The molecule has 2 heterocycles. The number of nitrogens with two attached hydrogens (primary N) is 1. The summed E-state index contributed by atoms with van der Waals surface area (Å²) in [5.74, 6) is 0.805. The van der Waals surface area contributed by atoms with Crippen LogP contribution < -0.4 is 5.73 Å². The van der Waals surface area contributed by atoms with Crippen LogP contribution in [0.2, 0.25) is 0 Å². The Morgan fingerprint density at radius 2 is 2.07 bits per heavy atom. The highest BCUT2D eigenvalue weighted by Gasteiger charge is 2.43. The van der Waals surface area contributed by atoms with Gasteiger partial charge in [-0.15, -0.1) is 0 Å². The van der Waals surface area contributed by atoms with Crippen molar-refractivity contribution in [1.82, 2.24) is 9.97 Å². The van der Waals surface area contributed by atoms with Crippen LogP contribution in [0.4, 0.5) is 0 Å². The van der Waals surface area contributed by atoms with Crippen molar-refractivity contribution in [3.8, 4) is 0 Å². The fourth-order valence-electron chi connectivity index (χ4n) is 1.79. The Hall–Kier alpha value is -1.00. The number of hydrogen-bond donors (Lipinski definition) is 1. The predicted molar refractivity (Wildman–Crippen MR) is 50.4 cm³/mol. The number of ether oxygens (including phenoxy) is 1. The lowest BCUT2D eigenvalue weighted by molar-refractivity contribution is 0.133. The molecule has 0 atom stereocenters. The van der Waals surface area contributed by atoms with Crippen LogP contribution in [-0.2, 0) is 23.5 Å². The summed E-state index contributed by atoms with van der Waals surface area (Å²) in [4.78, 5) is 8.95. The molecule has 1 aromatic heterocycles. The second-order valence-corrected chi connectivity index (χ2v) is 4.21. The van der Waals surface area contributed by atoms with Crippen molar-refractivity contribution in [3.05, 3.63) is 22.8 Å². The Morgan fingerprint density at radius 1 is 1.29 bits per heavy atom. The van der Waals surface area contributed by atoms with Crippen LogP contribution in [-0.4, -0.2) is 9.97 Å². The van der Waals surface area contributed by atoms with Crippen LogP contribution in [0.15, 0.2) is 0 Å². The molecule has 0 saturated heterocycles. The van der Waals surface area contributed by atoms with E-state index < -0.39 is 0 Å². The van der Waals surface area contributed by atoms with Crippen LogP contribution in [0.25, 0.3) is 0 Å². The fraction of sp³-hybridized carbons (Fsp3) is 0.600. The molecule has 4 nitrogen and oxygen atoms in total. The van der Waals surface area contributed by atoms with Gasteiger partial charge in [0.1, 0.15) is 5.82 Å². The first-order valence-corrected chi connectivity index (χ1v) is 4.92. The zero-order valence-electron chi connectivity index (χ0n) is 8.21. The van der Waals surface area contributed by atoms with Crippen molar-refractivity contribution >= 4 is 0 Å². The summed E-state index contributed by atoms with van der Waals surface area (Å²) >= 11 is 0. The summed E-state index contributed by atoms with van der Waals surface area (Å²) in [6, 6.07) is 0. The average molecular weight is 191 g/mol. The maximum Gasteiger partial charge on any atom is 0.148 e. The number of aryl methyl sites for hydroxylation is 1. The van der Waals surface area contributed by atoms with E-state index >= 15 is 0 Å². The Bertz CT molecular complexity index is 399. The predicted octanol–water partition coefficient (Wildman–Crippen LogP) is 0.763. The molecule has 74 valence electrons. The lowest BCUT2D eigenvalue weighted by Crippen LogP contribution is -2.23. The molecule has 14 heavy (non-hydrogen) atoms. The summed E-state index contributed by atoms with van der Waals surface area (Å²) in [6.07, 6.45) is 2.01. The topological polar surface area (TPSA) is 61.0 Å². The lowest BCUT2D eigenvalue weighted by atomic mass is 10.1. The molecule has 1 aliphatic carbocycles. The van der Waals surface area contributed by atoms with E-state index in [-0.39, 0.29) is 5.54 Å². The van der Waals surface area contributed by atoms with E-state index in [1.54, 1.807) is 0 Å². The van der Waals surface area contributed by atoms with Gasteiger partial charge in [-0.3, -0.25) is 0 Å². The number of fused-ring (bicyclic) bond motifs is 1. The van der Waals surface area contributed by atoms with Crippen molar-refractivity contribution in [3.63, 3.8) is 0 Å². The zero-order valence-corrected chi connectivity index (χ0v) is 8.21. The summed E-state index contributed by atoms with van der Waals surface area (Å²) in [5, 5.41) is 0. The second kappa shape index (κ2) is 2.52. The normalized spacial score (nSPS) is 22.1. The molecule has 2 aliphatic rings. The number of nitrogens with zero attached hydrogens (tertiary/aromatic N) is 2. The Morgan fingerprint density at radius 3 is 2.79 bits per heavy atom. The summed E-state index contributed by atoms with van der Waals surface area (Å²) < 4.78 is 5.34. The monoisotopic (exact) mass is 191 g/mol. The van der Waals surface area contributed by atoms with Gasteiger partial charge in [-0.25, -0.2) is 9.97 Å². The minimum Gasteiger partial charge on any atom is -0.370 e. The molecular formula is C10H13N3O. The molecular weight excluding hydrogens is 178 g/mol. The highest BCUT2D eigenvalue weighted by molar-refractivity contribution is 5.29. The van der Waals surface area contributed by atoms with E-state index in [2.05, 4.69) is 9.97 Å². The summed E-state index contributed by atoms with van der Waals surface area (Å²) in [7, 11) is 0. The Kier molecular flexibility index (Phi) is 1.50.